The maximum absolute atomic E-state index is 11.5. The van der Waals surface area contributed by atoms with Gasteiger partial charge in [0.1, 0.15) is 5.52 Å². The summed E-state index contributed by atoms with van der Waals surface area (Å²) in [6, 6.07) is 15.1. The zero-order chi connectivity index (χ0) is 12.5. The molecule has 0 aliphatic heterocycles. The van der Waals surface area contributed by atoms with Gasteiger partial charge in [-0.15, -0.1) is 0 Å². The van der Waals surface area contributed by atoms with Crippen LogP contribution in [-0.2, 0) is 0 Å². The Bertz CT molecular complexity index is 714. The number of hydrogen-bond acceptors (Lipinski definition) is 3. The van der Waals surface area contributed by atoms with Crippen LogP contribution < -0.4 is 0 Å². The van der Waals surface area contributed by atoms with E-state index in [2.05, 4.69) is 4.98 Å². The summed E-state index contributed by atoms with van der Waals surface area (Å²) in [7, 11) is 0. The van der Waals surface area contributed by atoms with Crippen molar-refractivity contribution in [2.75, 3.05) is 0 Å². The Morgan fingerprint density at radius 1 is 1.06 bits per heavy atom. The second-order valence-electron chi connectivity index (χ2n) is 4.10. The van der Waals surface area contributed by atoms with Gasteiger partial charge in [-0.3, -0.25) is 4.79 Å². The minimum Gasteiger partial charge on any atom is -0.435 e. The number of aromatic nitrogens is 1. The Morgan fingerprint density at radius 3 is 2.56 bits per heavy atom. The molecular weight excluding hydrogens is 226 g/mol. The van der Waals surface area contributed by atoms with Gasteiger partial charge in [-0.1, -0.05) is 24.3 Å². The fourth-order valence-corrected chi connectivity index (χ4v) is 1.93. The molecule has 88 valence electrons. The molecule has 0 atom stereocenters. The summed E-state index contributed by atoms with van der Waals surface area (Å²) < 4.78 is 5.71. The summed E-state index contributed by atoms with van der Waals surface area (Å²) in [5, 5.41) is 0. The minimum atomic E-state index is -0.0173. The predicted molar refractivity (Wildman–Crippen MR) is 69.4 cm³/mol. The topological polar surface area (TPSA) is 43.1 Å². The molecule has 0 N–H and O–H groups in total. The van der Waals surface area contributed by atoms with E-state index in [1.165, 1.54) is 6.92 Å². The van der Waals surface area contributed by atoms with Crippen LogP contribution in [-0.4, -0.2) is 10.8 Å². The Morgan fingerprint density at radius 2 is 1.83 bits per heavy atom. The van der Waals surface area contributed by atoms with Crippen molar-refractivity contribution in [1.29, 1.82) is 0 Å². The number of carbonyl (C=O) groups is 1. The van der Waals surface area contributed by atoms with E-state index in [1.54, 1.807) is 6.07 Å². The Kier molecular flexibility index (Phi) is 2.45. The lowest BCUT2D eigenvalue weighted by atomic mass is 10.1. The number of ketones is 1. The lowest BCUT2D eigenvalue weighted by Gasteiger charge is -1.94. The summed E-state index contributed by atoms with van der Waals surface area (Å²) in [5.41, 5.74) is 2.75. The number of hydrogen-bond donors (Lipinski definition) is 0. The van der Waals surface area contributed by atoms with Gasteiger partial charge in [-0.25, -0.2) is 4.98 Å². The molecule has 18 heavy (non-hydrogen) atoms. The van der Waals surface area contributed by atoms with E-state index in [9.17, 15) is 4.79 Å². The third-order valence-corrected chi connectivity index (χ3v) is 2.82. The van der Waals surface area contributed by atoms with Crippen LogP contribution in [0, 0.1) is 0 Å². The highest BCUT2D eigenvalue weighted by atomic mass is 16.3. The van der Waals surface area contributed by atoms with Gasteiger partial charge >= 0.3 is 0 Å². The lowest BCUT2D eigenvalue weighted by molar-refractivity contribution is 0.101. The quantitative estimate of drug-likeness (QED) is 0.638. The summed E-state index contributed by atoms with van der Waals surface area (Å²) in [4.78, 5) is 15.9. The molecule has 3 heteroatoms. The Balaban J connectivity index is 2.23. The second-order valence-corrected chi connectivity index (χ2v) is 4.10. The molecule has 0 radical (unpaired) electrons. The van der Waals surface area contributed by atoms with E-state index in [4.69, 9.17) is 4.42 Å². The van der Waals surface area contributed by atoms with Gasteiger partial charge in [0.05, 0.1) is 5.56 Å². The standard InChI is InChI=1S/C15H11NO2/c1-10(17)12-8-5-9-13-14(12)18-15(16-13)11-6-3-2-4-7-11/h2-9H,1H3. The summed E-state index contributed by atoms with van der Waals surface area (Å²) in [6.45, 7) is 1.53. The summed E-state index contributed by atoms with van der Waals surface area (Å²) in [6.07, 6.45) is 0. The van der Waals surface area contributed by atoms with Crippen LogP contribution in [0.25, 0.3) is 22.6 Å². The van der Waals surface area contributed by atoms with Crippen LogP contribution in [0.4, 0.5) is 0 Å². The van der Waals surface area contributed by atoms with Crippen molar-refractivity contribution < 1.29 is 9.21 Å². The first-order chi connectivity index (χ1) is 8.75. The molecule has 3 aromatic rings. The normalized spacial score (nSPS) is 10.7. The van der Waals surface area contributed by atoms with Crippen LogP contribution >= 0.6 is 0 Å². The van der Waals surface area contributed by atoms with Crippen LogP contribution in [0.5, 0.6) is 0 Å². The third-order valence-electron chi connectivity index (χ3n) is 2.82. The van der Waals surface area contributed by atoms with Gasteiger partial charge in [0.15, 0.2) is 11.4 Å². The van der Waals surface area contributed by atoms with Crippen molar-refractivity contribution in [1.82, 2.24) is 4.98 Å². The average Bonchev–Trinajstić information content (AvgIpc) is 2.83. The van der Waals surface area contributed by atoms with E-state index >= 15 is 0 Å². The number of oxazole rings is 1. The highest BCUT2D eigenvalue weighted by molar-refractivity contribution is 6.04. The molecule has 0 amide bonds. The van der Waals surface area contributed by atoms with Crippen LogP contribution in [0.3, 0.4) is 0 Å². The Labute approximate surface area is 104 Å². The highest BCUT2D eigenvalue weighted by Crippen LogP contribution is 2.26. The van der Waals surface area contributed by atoms with Gasteiger partial charge < -0.3 is 4.42 Å². The van der Waals surface area contributed by atoms with Crippen molar-refractivity contribution in [3.63, 3.8) is 0 Å². The number of nitrogens with zero attached hydrogens (tertiary/aromatic N) is 1. The molecule has 2 aromatic carbocycles. The van der Waals surface area contributed by atoms with Gasteiger partial charge in [0.25, 0.3) is 0 Å². The van der Waals surface area contributed by atoms with Crippen molar-refractivity contribution in [2.45, 2.75) is 6.92 Å². The molecule has 3 nitrogen and oxygen atoms in total. The number of fused-ring (bicyclic) bond motifs is 1. The molecule has 0 aliphatic carbocycles. The molecule has 0 spiro atoms. The van der Waals surface area contributed by atoms with E-state index in [-0.39, 0.29) is 5.78 Å². The van der Waals surface area contributed by atoms with Gasteiger partial charge in [0, 0.05) is 5.56 Å². The van der Waals surface area contributed by atoms with Crippen LogP contribution in [0.15, 0.2) is 52.9 Å². The Hall–Kier alpha value is -2.42. The maximum Gasteiger partial charge on any atom is 0.227 e. The summed E-state index contributed by atoms with van der Waals surface area (Å²) in [5.74, 6) is 0.524. The van der Waals surface area contributed by atoms with Gasteiger partial charge in [-0.2, -0.15) is 0 Å². The molecule has 1 heterocycles. The van der Waals surface area contributed by atoms with Crippen molar-refractivity contribution in [3.05, 3.63) is 54.1 Å². The molecule has 0 fully saturated rings. The number of rotatable bonds is 2. The van der Waals surface area contributed by atoms with Gasteiger partial charge in [0.2, 0.25) is 5.89 Å². The van der Waals surface area contributed by atoms with Crippen molar-refractivity contribution >= 4 is 16.9 Å². The molecule has 0 unspecified atom stereocenters. The molecular formula is C15H11NO2. The number of carbonyl (C=O) groups excluding carboxylic acids is 1. The molecule has 0 bridgehead atoms. The zero-order valence-corrected chi connectivity index (χ0v) is 9.88. The average molecular weight is 237 g/mol. The third kappa shape index (κ3) is 1.70. The minimum absolute atomic E-state index is 0.0173. The molecule has 1 aromatic heterocycles. The van der Waals surface area contributed by atoms with E-state index < -0.39 is 0 Å². The zero-order valence-electron chi connectivity index (χ0n) is 9.88. The van der Waals surface area contributed by atoms with E-state index in [1.807, 2.05) is 42.5 Å². The predicted octanol–water partition coefficient (Wildman–Crippen LogP) is 3.70. The molecule has 0 aliphatic rings. The van der Waals surface area contributed by atoms with Crippen LogP contribution in [0.1, 0.15) is 17.3 Å². The van der Waals surface area contributed by atoms with Crippen molar-refractivity contribution in [2.24, 2.45) is 0 Å². The van der Waals surface area contributed by atoms with E-state index in [0.717, 1.165) is 5.56 Å². The first-order valence-corrected chi connectivity index (χ1v) is 5.71. The van der Waals surface area contributed by atoms with E-state index in [0.29, 0.717) is 22.6 Å². The molecule has 3 rings (SSSR count). The fourth-order valence-electron chi connectivity index (χ4n) is 1.93. The molecule has 0 saturated carbocycles. The summed E-state index contributed by atoms with van der Waals surface area (Å²) >= 11 is 0. The second kappa shape index (κ2) is 4.11. The fraction of sp³-hybridized carbons (Fsp3) is 0.0667. The number of Topliss-reactive ketones (excluding diaryl/α,β-unsaturated/α-hetero) is 1. The number of para-hydroxylation sites is 1. The monoisotopic (exact) mass is 237 g/mol. The first-order valence-electron chi connectivity index (χ1n) is 5.71. The number of benzene rings is 2. The first kappa shape index (κ1) is 10.7. The van der Waals surface area contributed by atoms with Gasteiger partial charge in [-0.05, 0) is 31.2 Å². The highest BCUT2D eigenvalue weighted by Gasteiger charge is 2.13. The maximum atomic E-state index is 11.5. The largest absolute Gasteiger partial charge is 0.435 e. The van der Waals surface area contributed by atoms with Crippen molar-refractivity contribution in [3.8, 4) is 11.5 Å². The smallest absolute Gasteiger partial charge is 0.227 e. The molecule has 0 saturated heterocycles. The SMILES string of the molecule is CC(=O)c1cccc2nc(-c3ccccc3)oc12. The van der Waals surface area contributed by atoms with Crippen LogP contribution in [0.2, 0.25) is 0 Å². The lowest BCUT2D eigenvalue weighted by Crippen LogP contribution is -1.91.